The summed E-state index contributed by atoms with van der Waals surface area (Å²) in [6, 6.07) is 2.36. The van der Waals surface area contributed by atoms with E-state index < -0.39 is 30.2 Å². The number of halogens is 2. The Morgan fingerprint density at radius 1 is 1.25 bits per heavy atom. The first-order chi connectivity index (χ1) is 9.49. The van der Waals surface area contributed by atoms with Crippen molar-refractivity contribution in [2.45, 2.75) is 6.54 Å². The van der Waals surface area contributed by atoms with E-state index in [1.54, 1.807) is 0 Å². The molecule has 0 bridgehead atoms. The number of rotatable bonds is 7. The third-order valence-electron chi connectivity index (χ3n) is 2.20. The Balaban J connectivity index is 2.23. The number of carbonyl (C=O) groups is 2. The number of carboxylic acid groups (broad SMARTS) is 1. The van der Waals surface area contributed by atoms with E-state index in [0.717, 1.165) is 18.2 Å². The summed E-state index contributed by atoms with van der Waals surface area (Å²) >= 11 is 0. The Kier molecular flexibility index (Phi) is 6.38. The average molecular weight is 288 g/mol. The van der Waals surface area contributed by atoms with Gasteiger partial charge in [-0.15, -0.1) is 0 Å². The molecular weight excluding hydrogens is 274 g/mol. The molecule has 0 aliphatic heterocycles. The van der Waals surface area contributed by atoms with Gasteiger partial charge in [-0.25, -0.2) is 18.4 Å². The maximum atomic E-state index is 13.2. The minimum absolute atomic E-state index is 0.0299. The molecule has 110 valence electrons. The van der Waals surface area contributed by atoms with Crippen molar-refractivity contribution >= 4 is 12.0 Å². The summed E-state index contributed by atoms with van der Waals surface area (Å²) in [5.74, 6) is -2.31. The van der Waals surface area contributed by atoms with Gasteiger partial charge in [-0.05, 0) is 18.2 Å². The number of hydrogen-bond donors (Lipinski definition) is 3. The fraction of sp³-hybridized carbons (Fsp3) is 0.333. The predicted octanol–water partition coefficient (Wildman–Crippen LogP) is 0.865. The zero-order valence-corrected chi connectivity index (χ0v) is 10.5. The zero-order chi connectivity index (χ0) is 15.0. The number of carboxylic acids is 1. The molecular formula is C12H14F2N2O4. The molecule has 20 heavy (non-hydrogen) atoms. The molecule has 2 amide bonds. The van der Waals surface area contributed by atoms with Gasteiger partial charge in [0.2, 0.25) is 0 Å². The number of benzene rings is 1. The Labute approximate surface area is 113 Å². The van der Waals surface area contributed by atoms with Gasteiger partial charge in [0.1, 0.15) is 18.2 Å². The summed E-state index contributed by atoms with van der Waals surface area (Å²) in [5.41, 5.74) is 0.0299. The maximum absolute atomic E-state index is 13.2. The number of nitrogens with one attached hydrogen (secondary N) is 2. The molecule has 8 heteroatoms. The third-order valence-corrected chi connectivity index (χ3v) is 2.20. The number of amides is 2. The highest BCUT2D eigenvalue weighted by atomic mass is 19.1. The second-order valence-electron chi connectivity index (χ2n) is 3.79. The van der Waals surface area contributed by atoms with E-state index in [0.29, 0.717) is 0 Å². The van der Waals surface area contributed by atoms with E-state index in [9.17, 15) is 18.4 Å². The first-order valence-corrected chi connectivity index (χ1v) is 5.74. The summed E-state index contributed by atoms with van der Waals surface area (Å²) in [6.45, 7) is -0.470. The number of carbonyl (C=O) groups excluding carboxylic acids is 1. The van der Waals surface area contributed by atoms with Crippen LogP contribution in [0.5, 0.6) is 0 Å². The molecule has 0 radical (unpaired) electrons. The van der Waals surface area contributed by atoms with Gasteiger partial charge in [0.15, 0.2) is 0 Å². The number of ether oxygens (including phenoxy) is 1. The van der Waals surface area contributed by atoms with Crippen molar-refractivity contribution in [2.75, 3.05) is 19.8 Å². The topological polar surface area (TPSA) is 87.7 Å². The van der Waals surface area contributed by atoms with Crippen molar-refractivity contribution in [3.63, 3.8) is 0 Å². The molecule has 3 N–H and O–H groups in total. The Morgan fingerprint density at radius 2 is 2.00 bits per heavy atom. The lowest BCUT2D eigenvalue weighted by atomic mass is 10.2. The van der Waals surface area contributed by atoms with Crippen molar-refractivity contribution < 1.29 is 28.2 Å². The molecule has 0 unspecified atom stereocenters. The minimum Gasteiger partial charge on any atom is -0.480 e. The van der Waals surface area contributed by atoms with Crippen LogP contribution in [-0.2, 0) is 16.1 Å². The quantitative estimate of drug-likeness (QED) is 0.650. The standard InChI is InChI=1S/C12H14F2N2O4/c13-9-1-2-10(14)8(5-9)6-16-12(19)15-3-4-20-7-11(17)18/h1-2,5H,3-4,6-7H2,(H,17,18)(H2,15,16,19). The second-order valence-corrected chi connectivity index (χ2v) is 3.79. The highest BCUT2D eigenvalue weighted by Gasteiger charge is 2.06. The molecule has 1 aromatic rings. The Morgan fingerprint density at radius 3 is 2.70 bits per heavy atom. The van der Waals surface area contributed by atoms with E-state index in [2.05, 4.69) is 10.6 Å². The molecule has 0 aromatic heterocycles. The van der Waals surface area contributed by atoms with Crippen LogP contribution in [0, 0.1) is 11.6 Å². The van der Waals surface area contributed by atoms with Gasteiger partial charge in [-0.3, -0.25) is 0 Å². The van der Waals surface area contributed by atoms with Crippen LogP contribution in [0.4, 0.5) is 13.6 Å². The van der Waals surface area contributed by atoms with E-state index in [4.69, 9.17) is 9.84 Å². The fourth-order valence-corrected chi connectivity index (χ4v) is 1.31. The molecule has 6 nitrogen and oxygen atoms in total. The first kappa shape index (κ1) is 15.8. The zero-order valence-electron chi connectivity index (χ0n) is 10.5. The van der Waals surface area contributed by atoms with Crippen LogP contribution in [0.3, 0.4) is 0 Å². The van der Waals surface area contributed by atoms with Gasteiger partial charge in [0.25, 0.3) is 0 Å². The molecule has 0 heterocycles. The summed E-state index contributed by atoms with van der Waals surface area (Å²) in [6.07, 6.45) is 0. The van der Waals surface area contributed by atoms with Crippen molar-refractivity contribution in [1.82, 2.24) is 10.6 Å². The summed E-state index contributed by atoms with van der Waals surface area (Å²) in [7, 11) is 0. The third kappa shape index (κ3) is 6.10. The van der Waals surface area contributed by atoms with E-state index in [-0.39, 0.29) is 25.3 Å². The lowest BCUT2D eigenvalue weighted by molar-refractivity contribution is -0.142. The van der Waals surface area contributed by atoms with E-state index in [1.807, 2.05) is 0 Å². The van der Waals surface area contributed by atoms with Crippen molar-refractivity contribution in [3.8, 4) is 0 Å². The average Bonchev–Trinajstić information content (AvgIpc) is 2.39. The molecule has 0 aliphatic carbocycles. The number of urea groups is 1. The highest BCUT2D eigenvalue weighted by molar-refractivity contribution is 5.73. The van der Waals surface area contributed by atoms with Crippen LogP contribution < -0.4 is 10.6 Å². The van der Waals surface area contributed by atoms with E-state index in [1.165, 1.54) is 0 Å². The first-order valence-electron chi connectivity index (χ1n) is 5.74. The van der Waals surface area contributed by atoms with Crippen LogP contribution >= 0.6 is 0 Å². The molecule has 1 aromatic carbocycles. The van der Waals surface area contributed by atoms with Crippen molar-refractivity contribution in [3.05, 3.63) is 35.4 Å². The van der Waals surface area contributed by atoms with Crippen LogP contribution in [0.2, 0.25) is 0 Å². The molecule has 1 rings (SSSR count). The van der Waals surface area contributed by atoms with Crippen LogP contribution in [0.15, 0.2) is 18.2 Å². The Hall–Kier alpha value is -2.22. The molecule has 0 saturated heterocycles. The fourth-order valence-electron chi connectivity index (χ4n) is 1.31. The van der Waals surface area contributed by atoms with Gasteiger partial charge in [-0.2, -0.15) is 0 Å². The van der Waals surface area contributed by atoms with Crippen molar-refractivity contribution in [2.24, 2.45) is 0 Å². The number of hydrogen-bond acceptors (Lipinski definition) is 3. The summed E-state index contributed by atoms with van der Waals surface area (Å²) in [4.78, 5) is 21.4. The highest BCUT2D eigenvalue weighted by Crippen LogP contribution is 2.08. The maximum Gasteiger partial charge on any atom is 0.329 e. The van der Waals surface area contributed by atoms with Gasteiger partial charge < -0.3 is 20.5 Å². The normalized spacial score (nSPS) is 10.1. The molecule has 0 spiro atoms. The lowest BCUT2D eigenvalue weighted by Gasteiger charge is -2.08. The van der Waals surface area contributed by atoms with Gasteiger partial charge >= 0.3 is 12.0 Å². The SMILES string of the molecule is O=C(O)COCCNC(=O)NCc1cc(F)ccc1F. The second kappa shape index (κ2) is 8.05. The van der Waals surface area contributed by atoms with E-state index >= 15 is 0 Å². The minimum atomic E-state index is -1.10. The monoisotopic (exact) mass is 288 g/mol. The largest absolute Gasteiger partial charge is 0.480 e. The summed E-state index contributed by atoms with van der Waals surface area (Å²) < 4.78 is 30.8. The lowest BCUT2D eigenvalue weighted by Crippen LogP contribution is -2.37. The smallest absolute Gasteiger partial charge is 0.329 e. The predicted molar refractivity (Wildman–Crippen MR) is 65.1 cm³/mol. The molecule has 0 fully saturated rings. The van der Waals surface area contributed by atoms with Gasteiger partial charge in [0, 0.05) is 18.7 Å². The van der Waals surface area contributed by atoms with Gasteiger partial charge in [-0.1, -0.05) is 0 Å². The van der Waals surface area contributed by atoms with Crippen molar-refractivity contribution in [1.29, 1.82) is 0 Å². The summed E-state index contributed by atoms with van der Waals surface area (Å²) in [5, 5.41) is 13.0. The number of aliphatic carboxylic acids is 1. The van der Waals surface area contributed by atoms with Gasteiger partial charge in [0.05, 0.1) is 6.61 Å². The van der Waals surface area contributed by atoms with Crippen LogP contribution in [0.25, 0.3) is 0 Å². The Bertz CT molecular complexity index is 483. The molecule has 0 atom stereocenters. The van der Waals surface area contributed by atoms with Crippen LogP contribution in [-0.4, -0.2) is 36.9 Å². The molecule has 0 aliphatic rings. The molecule has 0 saturated carbocycles. The van der Waals surface area contributed by atoms with Crippen LogP contribution in [0.1, 0.15) is 5.56 Å².